The van der Waals surface area contributed by atoms with Crippen LogP contribution in [0.4, 0.5) is 5.69 Å². The second-order valence-corrected chi connectivity index (χ2v) is 5.18. The molecule has 3 amide bonds. The van der Waals surface area contributed by atoms with Gasteiger partial charge in [0.15, 0.2) is 0 Å². The van der Waals surface area contributed by atoms with Crippen molar-refractivity contribution in [1.82, 2.24) is 10.6 Å². The SMILES string of the molecule is CC(C)[C@H](N)C(=O)NCC(=O)NCC(=O)Nc1ccccc1.Cl. The summed E-state index contributed by atoms with van der Waals surface area (Å²) in [6, 6.07) is 8.25. The van der Waals surface area contributed by atoms with Crippen molar-refractivity contribution in [3.8, 4) is 0 Å². The number of para-hydroxylation sites is 1. The largest absolute Gasteiger partial charge is 0.346 e. The minimum atomic E-state index is -0.658. The van der Waals surface area contributed by atoms with Gasteiger partial charge in [-0.1, -0.05) is 32.0 Å². The van der Waals surface area contributed by atoms with E-state index in [4.69, 9.17) is 5.73 Å². The fourth-order valence-corrected chi connectivity index (χ4v) is 1.56. The predicted octanol–water partition coefficient (Wildman–Crippen LogP) is 0.263. The van der Waals surface area contributed by atoms with Gasteiger partial charge in [-0.15, -0.1) is 12.4 Å². The molecule has 0 fully saturated rings. The summed E-state index contributed by atoms with van der Waals surface area (Å²) in [5.41, 5.74) is 6.30. The monoisotopic (exact) mass is 342 g/mol. The molecule has 128 valence electrons. The maximum atomic E-state index is 11.6. The third-order valence-corrected chi connectivity index (χ3v) is 2.95. The number of halogens is 1. The average molecular weight is 343 g/mol. The van der Waals surface area contributed by atoms with Gasteiger partial charge in [-0.3, -0.25) is 14.4 Å². The van der Waals surface area contributed by atoms with Crippen molar-refractivity contribution in [2.24, 2.45) is 11.7 Å². The van der Waals surface area contributed by atoms with Crippen LogP contribution < -0.4 is 21.7 Å². The van der Waals surface area contributed by atoms with Gasteiger partial charge in [0.05, 0.1) is 19.1 Å². The smallest absolute Gasteiger partial charge is 0.243 e. The van der Waals surface area contributed by atoms with E-state index in [2.05, 4.69) is 16.0 Å². The van der Waals surface area contributed by atoms with Crippen molar-refractivity contribution in [3.05, 3.63) is 30.3 Å². The molecule has 0 aliphatic heterocycles. The van der Waals surface area contributed by atoms with Gasteiger partial charge in [0.1, 0.15) is 0 Å². The topological polar surface area (TPSA) is 113 Å². The van der Waals surface area contributed by atoms with E-state index in [1.54, 1.807) is 24.3 Å². The van der Waals surface area contributed by atoms with Gasteiger partial charge in [0.2, 0.25) is 17.7 Å². The van der Waals surface area contributed by atoms with Crippen LogP contribution in [0.3, 0.4) is 0 Å². The van der Waals surface area contributed by atoms with Crippen LogP contribution in [-0.4, -0.2) is 36.9 Å². The normalized spacial score (nSPS) is 11.1. The molecule has 0 saturated heterocycles. The predicted molar refractivity (Wildman–Crippen MR) is 91.2 cm³/mol. The van der Waals surface area contributed by atoms with Crippen LogP contribution in [0, 0.1) is 5.92 Å². The molecule has 7 nitrogen and oxygen atoms in total. The first kappa shape index (κ1) is 20.9. The highest BCUT2D eigenvalue weighted by Gasteiger charge is 2.17. The number of hydrogen-bond donors (Lipinski definition) is 4. The van der Waals surface area contributed by atoms with E-state index >= 15 is 0 Å². The number of benzene rings is 1. The summed E-state index contributed by atoms with van der Waals surface area (Å²) in [7, 11) is 0. The number of nitrogens with one attached hydrogen (secondary N) is 3. The van der Waals surface area contributed by atoms with Gasteiger partial charge in [0.25, 0.3) is 0 Å². The van der Waals surface area contributed by atoms with Crippen molar-refractivity contribution in [2.75, 3.05) is 18.4 Å². The molecule has 0 radical (unpaired) electrons. The molecule has 1 rings (SSSR count). The Morgan fingerprint density at radius 3 is 2.13 bits per heavy atom. The maximum Gasteiger partial charge on any atom is 0.243 e. The van der Waals surface area contributed by atoms with Crippen molar-refractivity contribution >= 4 is 35.8 Å². The lowest BCUT2D eigenvalue weighted by Gasteiger charge is -2.15. The molecule has 1 aromatic carbocycles. The van der Waals surface area contributed by atoms with Gasteiger partial charge in [0, 0.05) is 5.69 Å². The minimum absolute atomic E-state index is 0. The lowest BCUT2D eigenvalue weighted by molar-refractivity contribution is -0.127. The van der Waals surface area contributed by atoms with E-state index < -0.39 is 11.9 Å². The fourth-order valence-electron chi connectivity index (χ4n) is 1.56. The molecule has 0 unspecified atom stereocenters. The molecule has 8 heteroatoms. The van der Waals surface area contributed by atoms with Crippen LogP contribution in [0.2, 0.25) is 0 Å². The van der Waals surface area contributed by atoms with E-state index in [1.807, 2.05) is 19.9 Å². The van der Waals surface area contributed by atoms with Crippen molar-refractivity contribution in [2.45, 2.75) is 19.9 Å². The van der Waals surface area contributed by atoms with Crippen LogP contribution in [0.15, 0.2) is 30.3 Å². The quantitative estimate of drug-likeness (QED) is 0.569. The molecule has 1 atom stereocenters. The number of anilines is 1. The Hall–Kier alpha value is -2.12. The first-order valence-electron chi connectivity index (χ1n) is 7.05. The highest BCUT2D eigenvalue weighted by atomic mass is 35.5. The van der Waals surface area contributed by atoms with Crippen LogP contribution in [0.25, 0.3) is 0 Å². The number of hydrogen-bond acceptors (Lipinski definition) is 4. The summed E-state index contributed by atoms with van der Waals surface area (Å²) < 4.78 is 0. The Morgan fingerprint density at radius 2 is 1.57 bits per heavy atom. The summed E-state index contributed by atoms with van der Waals surface area (Å²) in [5, 5.41) is 7.48. The summed E-state index contributed by atoms with van der Waals surface area (Å²) >= 11 is 0. The van der Waals surface area contributed by atoms with Gasteiger partial charge in [-0.25, -0.2) is 0 Å². The number of rotatable bonds is 7. The second kappa shape index (κ2) is 10.6. The highest BCUT2D eigenvalue weighted by Crippen LogP contribution is 2.03. The Balaban J connectivity index is 0.00000484. The molecule has 0 bridgehead atoms. The third kappa shape index (κ3) is 8.18. The van der Waals surface area contributed by atoms with Gasteiger partial charge >= 0.3 is 0 Å². The van der Waals surface area contributed by atoms with E-state index in [-0.39, 0.29) is 43.2 Å². The van der Waals surface area contributed by atoms with Crippen LogP contribution in [0.5, 0.6) is 0 Å². The Labute approximate surface area is 141 Å². The minimum Gasteiger partial charge on any atom is -0.346 e. The zero-order valence-corrected chi connectivity index (χ0v) is 14.0. The van der Waals surface area contributed by atoms with Crippen LogP contribution in [0.1, 0.15) is 13.8 Å². The summed E-state index contributed by atoms with van der Waals surface area (Å²) in [4.78, 5) is 34.7. The molecule has 1 aromatic rings. The van der Waals surface area contributed by atoms with Crippen molar-refractivity contribution in [3.63, 3.8) is 0 Å². The number of carbonyl (C=O) groups is 3. The second-order valence-electron chi connectivity index (χ2n) is 5.18. The van der Waals surface area contributed by atoms with Crippen LogP contribution >= 0.6 is 12.4 Å². The number of amides is 3. The Morgan fingerprint density at radius 1 is 1.00 bits per heavy atom. The summed E-state index contributed by atoms with van der Waals surface area (Å²) in [5.74, 6) is -1.20. The van der Waals surface area contributed by atoms with E-state index in [1.165, 1.54) is 0 Å². The molecule has 0 saturated carbocycles. The molecular weight excluding hydrogens is 320 g/mol. The molecular formula is C15H23ClN4O3. The molecule has 0 aromatic heterocycles. The van der Waals surface area contributed by atoms with Gasteiger partial charge < -0.3 is 21.7 Å². The zero-order valence-electron chi connectivity index (χ0n) is 13.2. The van der Waals surface area contributed by atoms with Crippen molar-refractivity contribution in [1.29, 1.82) is 0 Å². The number of carbonyl (C=O) groups excluding carboxylic acids is 3. The Kier molecular flexibility index (Phi) is 9.60. The maximum absolute atomic E-state index is 11.6. The molecule has 0 heterocycles. The lowest BCUT2D eigenvalue weighted by atomic mass is 10.1. The molecule has 0 spiro atoms. The lowest BCUT2D eigenvalue weighted by Crippen LogP contribution is -2.47. The molecule has 0 aliphatic carbocycles. The summed E-state index contributed by atoms with van der Waals surface area (Å²) in [6.07, 6.45) is 0. The first-order valence-corrected chi connectivity index (χ1v) is 7.05. The molecule has 5 N–H and O–H groups in total. The zero-order chi connectivity index (χ0) is 16.5. The van der Waals surface area contributed by atoms with E-state index in [0.717, 1.165) is 0 Å². The first-order chi connectivity index (χ1) is 10.4. The summed E-state index contributed by atoms with van der Waals surface area (Å²) in [6.45, 7) is 3.26. The van der Waals surface area contributed by atoms with Gasteiger partial charge in [-0.05, 0) is 18.1 Å². The van der Waals surface area contributed by atoms with Crippen LogP contribution in [-0.2, 0) is 14.4 Å². The van der Waals surface area contributed by atoms with E-state index in [0.29, 0.717) is 5.69 Å². The van der Waals surface area contributed by atoms with Gasteiger partial charge in [-0.2, -0.15) is 0 Å². The van der Waals surface area contributed by atoms with E-state index in [9.17, 15) is 14.4 Å². The van der Waals surface area contributed by atoms with Crippen molar-refractivity contribution < 1.29 is 14.4 Å². The fraction of sp³-hybridized carbons (Fsp3) is 0.400. The standard InChI is InChI=1S/C15H22N4O3.ClH/c1-10(2)14(16)15(22)18-8-12(20)17-9-13(21)19-11-6-4-3-5-7-11;/h3-7,10,14H,8-9,16H2,1-2H3,(H,17,20)(H,18,22)(H,19,21);1H/t14-;/m0./s1. The molecule has 0 aliphatic rings. The third-order valence-electron chi connectivity index (χ3n) is 2.95. The molecule has 23 heavy (non-hydrogen) atoms. The highest BCUT2D eigenvalue weighted by molar-refractivity contribution is 5.95. The average Bonchev–Trinajstić information content (AvgIpc) is 2.50. The number of nitrogens with two attached hydrogens (primary N) is 1. The Bertz CT molecular complexity index is 523.